The highest BCUT2D eigenvalue weighted by Gasteiger charge is 2.36. The summed E-state index contributed by atoms with van der Waals surface area (Å²) >= 11 is 0. The molecule has 3 aromatic carbocycles. The number of carbonyl (C=O) groups excluding carboxylic acids is 2. The monoisotopic (exact) mass is 417 g/mol. The molecule has 4 rings (SSSR count). The fourth-order valence-electron chi connectivity index (χ4n) is 4.38. The van der Waals surface area contributed by atoms with Gasteiger partial charge in [-0.25, -0.2) is 4.79 Å². The number of hydrogen-bond donors (Lipinski definition) is 2. The van der Waals surface area contributed by atoms with E-state index in [0.717, 1.165) is 36.7 Å². The number of benzene rings is 3. The Morgan fingerprint density at radius 1 is 0.903 bits per heavy atom. The summed E-state index contributed by atoms with van der Waals surface area (Å²) in [5.41, 5.74) is 0.735. The Kier molecular flexibility index (Phi) is 6.05. The van der Waals surface area contributed by atoms with E-state index in [1.807, 2.05) is 56.3 Å². The first-order valence-corrected chi connectivity index (χ1v) is 10.9. The number of nitrogens with one attached hydrogen (secondary N) is 1. The lowest BCUT2D eigenvalue weighted by molar-refractivity contribution is -0.665. The van der Waals surface area contributed by atoms with Gasteiger partial charge < -0.3 is 15.4 Å². The van der Waals surface area contributed by atoms with E-state index in [4.69, 9.17) is 4.74 Å². The van der Waals surface area contributed by atoms with Crippen molar-refractivity contribution in [3.8, 4) is 0 Å². The molecule has 0 radical (unpaired) electrons. The van der Waals surface area contributed by atoms with Gasteiger partial charge in [0.05, 0.1) is 24.2 Å². The standard InChI is InChI=1S/C26H28N2O3/c1-26(2,19-14-16-27-17-15-19)31-25(30)22-12-6-5-11-21(22)24(29)28-23-13-7-9-18-8-3-4-10-20(18)23/h3-13,19,27H,14-17H2,1-2H3,(H,28,29)/p+1. The molecule has 160 valence electrons. The molecule has 0 bridgehead atoms. The van der Waals surface area contributed by atoms with Crippen LogP contribution in [0.15, 0.2) is 66.7 Å². The minimum absolute atomic E-state index is 0.288. The van der Waals surface area contributed by atoms with Gasteiger partial charge in [-0.2, -0.15) is 0 Å². The normalized spacial score (nSPS) is 14.9. The number of rotatable bonds is 5. The first-order chi connectivity index (χ1) is 15.0. The van der Waals surface area contributed by atoms with Crippen LogP contribution in [0, 0.1) is 5.92 Å². The van der Waals surface area contributed by atoms with Crippen molar-refractivity contribution in [3.63, 3.8) is 0 Å². The maximum Gasteiger partial charge on any atom is 0.339 e. The molecule has 1 amide bonds. The van der Waals surface area contributed by atoms with Crippen LogP contribution in [0.25, 0.3) is 10.8 Å². The molecule has 0 aromatic heterocycles. The van der Waals surface area contributed by atoms with Crippen molar-refractivity contribution >= 4 is 28.3 Å². The first-order valence-electron chi connectivity index (χ1n) is 10.9. The quantitative estimate of drug-likeness (QED) is 0.617. The lowest BCUT2D eigenvalue weighted by Crippen LogP contribution is -2.86. The Bertz CT molecular complexity index is 1100. The average molecular weight is 418 g/mol. The number of nitrogens with two attached hydrogens (primary N) is 1. The molecule has 0 saturated carbocycles. The van der Waals surface area contributed by atoms with Crippen LogP contribution < -0.4 is 10.6 Å². The number of piperidine rings is 1. The molecule has 1 aliphatic heterocycles. The molecule has 0 spiro atoms. The Morgan fingerprint density at radius 3 is 2.32 bits per heavy atom. The van der Waals surface area contributed by atoms with Crippen molar-refractivity contribution in [3.05, 3.63) is 77.9 Å². The predicted molar refractivity (Wildman–Crippen MR) is 122 cm³/mol. The van der Waals surface area contributed by atoms with Crippen LogP contribution in [0.5, 0.6) is 0 Å². The fraction of sp³-hybridized carbons (Fsp3) is 0.308. The molecule has 0 aliphatic carbocycles. The van der Waals surface area contributed by atoms with E-state index < -0.39 is 11.6 Å². The number of anilines is 1. The third-order valence-electron chi connectivity index (χ3n) is 6.21. The Balaban J connectivity index is 1.56. The molecular formula is C26H29N2O3+. The second kappa shape index (κ2) is 8.90. The Hall–Kier alpha value is -3.18. The molecule has 1 aliphatic rings. The van der Waals surface area contributed by atoms with Gasteiger partial charge in [-0.1, -0.05) is 48.5 Å². The van der Waals surface area contributed by atoms with E-state index in [1.54, 1.807) is 24.3 Å². The minimum atomic E-state index is -0.579. The second-order valence-electron chi connectivity index (χ2n) is 8.66. The third kappa shape index (κ3) is 4.62. The Morgan fingerprint density at radius 2 is 1.55 bits per heavy atom. The van der Waals surface area contributed by atoms with Crippen molar-refractivity contribution < 1.29 is 19.6 Å². The highest BCUT2D eigenvalue weighted by molar-refractivity contribution is 6.13. The number of fused-ring (bicyclic) bond motifs is 1. The molecule has 5 nitrogen and oxygen atoms in total. The smallest absolute Gasteiger partial charge is 0.339 e. The van der Waals surface area contributed by atoms with Gasteiger partial charge in [-0.15, -0.1) is 0 Å². The minimum Gasteiger partial charge on any atom is -0.456 e. The van der Waals surface area contributed by atoms with E-state index in [0.29, 0.717) is 17.2 Å². The molecule has 1 heterocycles. The van der Waals surface area contributed by atoms with Crippen molar-refractivity contribution in [2.75, 3.05) is 18.4 Å². The van der Waals surface area contributed by atoms with Crippen LogP contribution >= 0.6 is 0 Å². The summed E-state index contributed by atoms with van der Waals surface area (Å²) in [5.74, 6) is -0.463. The van der Waals surface area contributed by atoms with Crippen LogP contribution in [-0.2, 0) is 4.74 Å². The molecule has 31 heavy (non-hydrogen) atoms. The van der Waals surface area contributed by atoms with Gasteiger partial charge >= 0.3 is 5.97 Å². The summed E-state index contributed by atoms with van der Waals surface area (Å²) in [6.45, 7) is 6.05. The second-order valence-corrected chi connectivity index (χ2v) is 8.66. The van der Waals surface area contributed by atoms with Gasteiger partial charge in [0, 0.05) is 29.8 Å². The summed E-state index contributed by atoms with van der Waals surface area (Å²) < 4.78 is 5.94. The number of esters is 1. The van der Waals surface area contributed by atoms with Crippen LogP contribution in [0.3, 0.4) is 0 Å². The molecule has 3 N–H and O–H groups in total. The lowest BCUT2D eigenvalue weighted by Gasteiger charge is -2.35. The van der Waals surface area contributed by atoms with Gasteiger partial charge in [-0.3, -0.25) is 4.79 Å². The van der Waals surface area contributed by atoms with Crippen molar-refractivity contribution in [1.82, 2.24) is 0 Å². The van der Waals surface area contributed by atoms with Gasteiger partial charge in [0.1, 0.15) is 5.60 Å². The number of quaternary nitrogens is 1. The van der Waals surface area contributed by atoms with Gasteiger partial charge in [-0.05, 0) is 37.4 Å². The average Bonchev–Trinajstić information content (AvgIpc) is 2.79. The molecule has 3 aromatic rings. The van der Waals surface area contributed by atoms with Crippen molar-refractivity contribution in [2.24, 2.45) is 5.92 Å². The number of amides is 1. The van der Waals surface area contributed by atoms with Gasteiger partial charge in [0.15, 0.2) is 0 Å². The molecule has 5 heteroatoms. The van der Waals surface area contributed by atoms with E-state index in [9.17, 15) is 9.59 Å². The van der Waals surface area contributed by atoms with E-state index >= 15 is 0 Å². The highest BCUT2D eigenvalue weighted by Crippen LogP contribution is 2.30. The van der Waals surface area contributed by atoms with E-state index in [1.165, 1.54) is 0 Å². The van der Waals surface area contributed by atoms with Crippen LogP contribution in [-0.4, -0.2) is 30.6 Å². The molecule has 0 unspecified atom stereocenters. The summed E-state index contributed by atoms with van der Waals surface area (Å²) in [5, 5.41) is 7.26. The molecular weight excluding hydrogens is 388 g/mol. The largest absolute Gasteiger partial charge is 0.456 e. The summed E-state index contributed by atoms with van der Waals surface area (Å²) in [6, 6.07) is 20.5. The zero-order valence-electron chi connectivity index (χ0n) is 18.1. The van der Waals surface area contributed by atoms with Gasteiger partial charge in [0.2, 0.25) is 0 Å². The zero-order valence-corrected chi connectivity index (χ0v) is 18.1. The lowest BCUT2D eigenvalue weighted by atomic mass is 9.83. The topological polar surface area (TPSA) is 72.0 Å². The van der Waals surface area contributed by atoms with Crippen LogP contribution in [0.4, 0.5) is 5.69 Å². The van der Waals surface area contributed by atoms with Crippen LogP contribution in [0.2, 0.25) is 0 Å². The Labute approximate surface area is 182 Å². The fourth-order valence-corrected chi connectivity index (χ4v) is 4.38. The molecule has 0 atom stereocenters. The van der Waals surface area contributed by atoms with E-state index in [2.05, 4.69) is 10.6 Å². The first kappa shape index (κ1) is 21.1. The summed E-state index contributed by atoms with van der Waals surface area (Å²) in [6.07, 6.45) is 2.03. The zero-order chi connectivity index (χ0) is 21.8. The summed E-state index contributed by atoms with van der Waals surface area (Å²) in [7, 11) is 0. The maximum absolute atomic E-state index is 13.1. The number of carbonyl (C=O) groups is 2. The highest BCUT2D eigenvalue weighted by atomic mass is 16.6. The maximum atomic E-state index is 13.1. The number of hydrogen-bond acceptors (Lipinski definition) is 3. The van der Waals surface area contributed by atoms with Crippen molar-refractivity contribution in [1.29, 1.82) is 0 Å². The van der Waals surface area contributed by atoms with E-state index in [-0.39, 0.29) is 11.5 Å². The predicted octanol–water partition coefficient (Wildman–Crippen LogP) is 4.00. The SMILES string of the molecule is CC(C)(OC(=O)c1ccccc1C(=O)Nc1cccc2ccccc12)C1CC[NH2+]CC1. The molecule has 1 saturated heterocycles. The van der Waals surface area contributed by atoms with Crippen molar-refractivity contribution in [2.45, 2.75) is 32.3 Å². The van der Waals surface area contributed by atoms with Crippen LogP contribution in [0.1, 0.15) is 47.4 Å². The third-order valence-corrected chi connectivity index (χ3v) is 6.21. The summed E-state index contributed by atoms with van der Waals surface area (Å²) in [4.78, 5) is 26.2. The van der Waals surface area contributed by atoms with Gasteiger partial charge in [0.25, 0.3) is 5.91 Å². The molecule has 1 fully saturated rings. The number of ether oxygens (including phenoxy) is 1.